The highest BCUT2D eigenvalue weighted by atomic mass is 35.5. The second-order valence-corrected chi connectivity index (χ2v) is 11.0. The van der Waals surface area contributed by atoms with E-state index >= 15 is 0 Å². The van der Waals surface area contributed by atoms with Crippen molar-refractivity contribution in [2.45, 2.75) is 25.9 Å². The lowest BCUT2D eigenvalue weighted by atomic mass is 10.1. The van der Waals surface area contributed by atoms with Gasteiger partial charge in [-0.25, -0.2) is 0 Å². The van der Waals surface area contributed by atoms with Gasteiger partial charge in [-0.2, -0.15) is 0 Å². The van der Waals surface area contributed by atoms with Crippen molar-refractivity contribution in [3.63, 3.8) is 0 Å². The van der Waals surface area contributed by atoms with Crippen LogP contribution >= 0.6 is 35.4 Å². The normalized spacial score (nSPS) is 16.5. The molecular formula is C31H27Cl2N3O5S. The number of ether oxygens (including phenoxy) is 2. The number of nitrogens with one attached hydrogen (secondary N) is 1. The molecule has 2 heterocycles. The van der Waals surface area contributed by atoms with E-state index in [4.69, 9.17) is 44.9 Å². The van der Waals surface area contributed by atoms with Crippen LogP contribution in [0.25, 0.3) is 6.08 Å². The van der Waals surface area contributed by atoms with E-state index in [1.165, 1.54) is 30.6 Å². The Morgan fingerprint density at radius 1 is 0.952 bits per heavy atom. The number of hydrogen-bond donors (Lipinski definition) is 1. The van der Waals surface area contributed by atoms with Crippen LogP contribution in [0.1, 0.15) is 40.7 Å². The van der Waals surface area contributed by atoms with E-state index in [-0.39, 0.29) is 28.2 Å². The molecule has 0 spiro atoms. The van der Waals surface area contributed by atoms with Gasteiger partial charge in [0, 0.05) is 18.7 Å². The Labute approximate surface area is 258 Å². The molecule has 2 aliphatic rings. The van der Waals surface area contributed by atoms with Gasteiger partial charge < -0.3 is 14.4 Å². The molecule has 42 heavy (non-hydrogen) atoms. The number of benzene rings is 3. The fourth-order valence-corrected chi connectivity index (χ4v) is 5.33. The van der Waals surface area contributed by atoms with Crippen molar-refractivity contribution in [1.29, 1.82) is 0 Å². The smallest absolute Gasteiger partial charge is 0.270 e. The van der Waals surface area contributed by atoms with Crippen molar-refractivity contribution in [3.05, 3.63) is 93.0 Å². The quantitative estimate of drug-likeness (QED) is 0.196. The molecule has 216 valence electrons. The maximum atomic E-state index is 13.3. The molecule has 0 bridgehead atoms. The molecule has 0 aromatic heterocycles. The zero-order valence-electron chi connectivity index (χ0n) is 22.7. The Morgan fingerprint density at radius 2 is 1.69 bits per heavy atom. The molecule has 3 amide bonds. The molecule has 11 heteroatoms. The molecule has 2 fully saturated rings. The maximum absolute atomic E-state index is 13.3. The first-order valence-corrected chi connectivity index (χ1v) is 14.5. The number of nitrogens with zero attached hydrogens (tertiary/aromatic N) is 2. The second-order valence-electron chi connectivity index (χ2n) is 9.81. The van der Waals surface area contributed by atoms with Gasteiger partial charge in [0.15, 0.2) is 16.6 Å². The number of methoxy groups -OCH3 is 1. The predicted molar refractivity (Wildman–Crippen MR) is 166 cm³/mol. The lowest BCUT2D eigenvalue weighted by molar-refractivity contribution is -0.122. The molecule has 0 unspecified atom stereocenters. The Hall–Kier alpha value is -3.92. The number of piperidine rings is 1. The maximum Gasteiger partial charge on any atom is 0.270 e. The largest absolute Gasteiger partial charge is 0.493 e. The molecule has 0 saturated carbocycles. The number of carbonyl (C=O) groups is 3. The van der Waals surface area contributed by atoms with E-state index < -0.39 is 11.8 Å². The third-order valence-electron chi connectivity index (χ3n) is 7.00. The standard InChI is InChI=1S/C31H27Cl2N3O5S/c1-40-27-16-20(15-23-28(37)34-31(42)36(30(23)39)22-10-11-24(32)25(33)17-22)7-12-26(27)41-18-19-5-8-21(9-6-19)29(38)35-13-3-2-4-14-35/h5-12,15-17H,2-4,13-14,18H2,1H3,(H,34,37,42)/b23-15+. The summed E-state index contributed by atoms with van der Waals surface area (Å²) >= 11 is 17.4. The molecular weight excluding hydrogens is 597 g/mol. The summed E-state index contributed by atoms with van der Waals surface area (Å²) in [6.07, 6.45) is 4.71. The summed E-state index contributed by atoms with van der Waals surface area (Å²) in [5.41, 5.74) is 2.34. The van der Waals surface area contributed by atoms with Gasteiger partial charge in [-0.05, 0) is 91.1 Å². The lowest BCUT2D eigenvalue weighted by Gasteiger charge is -2.29. The van der Waals surface area contributed by atoms with E-state index in [1.54, 1.807) is 30.3 Å². The van der Waals surface area contributed by atoms with Crippen LogP contribution in [0.15, 0.2) is 66.2 Å². The Kier molecular flexibility index (Phi) is 9.11. The molecule has 0 radical (unpaired) electrons. The van der Waals surface area contributed by atoms with Crippen LogP contribution < -0.4 is 19.7 Å². The summed E-state index contributed by atoms with van der Waals surface area (Å²) in [7, 11) is 1.50. The molecule has 2 aliphatic heterocycles. The van der Waals surface area contributed by atoms with Crippen molar-refractivity contribution in [3.8, 4) is 11.5 Å². The molecule has 0 aliphatic carbocycles. The number of rotatable bonds is 7. The number of thiocarbonyl (C=S) groups is 1. The topological polar surface area (TPSA) is 88.2 Å². The van der Waals surface area contributed by atoms with Gasteiger partial charge in [0.05, 0.1) is 22.8 Å². The summed E-state index contributed by atoms with van der Waals surface area (Å²) in [6.45, 7) is 1.86. The van der Waals surface area contributed by atoms with Crippen LogP contribution in [0.3, 0.4) is 0 Å². The van der Waals surface area contributed by atoms with Crippen LogP contribution in [0, 0.1) is 0 Å². The Bertz CT molecular complexity index is 1590. The van der Waals surface area contributed by atoms with Crippen molar-refractivity contribution >= 4 is 70.0 Å². The number of likely N-dealkylation sites (tertiary alicyclic amines) is 1. The number of halogens is 2. The summed E-state index contributed by atoms with van der Waals surface area (Å²) in [6, 6.07) is 17.1. The van der Waals surface area contributed by atoms with E-state index in [2.05, 4.69) is 5.32 Å². The first kappa shape index (κ1) is 29.6. The molecule has 2 saturated heterocycles. The fourth-order valence-electron chi connectivity index (χ4n) is 4.76. The van der Waals surface area contributed by atoms with E-state index in [1.807, 2.05) is 29.2 Å². The monoisotopic (exact) mass is 623 g/mol. The highest BCUT2D eigenvalue weighted by Crippen LogP contribution is 2.32. The lowest BCUT2D eigenvalue weighted by Crippen LogP contribution is -2.54. The minimum atomic E-state index is -0.622. The van der Waals surface area contributed by atoms with Crippen LogP contribution in [0.4, 0.5) is 5.69 Å². The number of anilines is 1. The number of hydrogen-bond acceptors (Lipinski definition) is 6. The van der Waals surface area contributed by atoms with Gasteiger partial charge in [0.25, 0.3) is 17.7 Å². The summed E-state index contributed by atoms with van der Waals surface area (Å²) < 4.78 is 11.5. The van der Waals surface area contributed by atoms with E-state index in [0.717, 1.165) is 31.5 Å². The van der Waals surface area contributed by atoms with Crippen LogP contribution in [-0.2, 0) is 16.2 Å². The fraction of sp³-hybridized carbons (Fsp3) is 0.226. The molecule has 3 aromatic rings. The SMILES string of the molecule is COc1cc(/C=C2\C(=O)NC(=S)N(c3ccc(Cl)c(Cl)c3)C2=O)ccc1OCc1ccc(C(=O)N2CCCCC2)cc1. The molecule has 3 aromatic carbocycles. The van der Waals surface area contributed by atoms with Crippen LogP contribution in [0.2, 0.25) is 10.0 Å². The van der Waals surface area contributed by atoms with E-state index in [0.29, 0.717) is 33.3 Å². The third kappa shape index (κ3) is 6.43. The predicted octanol–water partition coefficient (Wildman–Crippen LogP) is 6.04. The highest BCUT2D eigenvalue weighted by molar-refractivity contribution is 7.80. The van der Waals surface area contributed by atoms with Crippen molar-refractivity contribution in [1.82, 2.24) is 10.2 Å². The summed E-state index contributed by atoms with van der Waals surface area (Å²) in [4.78, 5) is 41.9. The second kappa shape index (κ2) is 12.9. The van der Waals surface area contributed by atoms with Crippen LogP contribution in [0.5, 0.6) is 11.5 Å². The van der Waals surface area contributed by atoms with Gasteiger partial charge in [0.1, 0.15) is 12.2 Å². The Balaban J connectivity index is 1.29. The molecule has 1 N–H and O–H groups in total. The minimum Gasteiger partial charge on any atom is -0.493 e. The average Bonchev–Trinajstić information content (AvgIpc) is 3.00. The average molecular weight is 625 g/mol. The zero-order chi connectivity index (χ0) is 29.8. The van der Waals surface area contributed by atoms with Crippen LogP contribution in [-0.4, -0.2) is 47.9 Å². The number of carbonyl (C=O) groups excluding carboxylic acids is 3. The molecule has 5 rings (SSSR count). The minimum absolute atomic E-state index is 0.0561. The Morgan fingerprint density at radius 3 is 2.38 bits per heavy atom. The van der Waals surface area contributed by atoms with Gasteiger partial charge in [-0.3, -0.25) is 24.6 Å². The van der Waals surface area contributed by atoms with Crippen molar-refractivity contribution < 1.29 is 23.9 Å². The molecule has 0 atom stereocenters. The van der Waals surface area contributed by atoms with Gasteiger partial charge in [0.2, 0.25) is 0 Å². The highest BCUT2D eigenvalue weighted by Gasteiger charge is 2.34. The van der Waals surface area contributed by atoms with Gasteiger partial charge in [-0.15, -0.1) is 0 Å². The number of amides is 3. The summed E-state index contributed by atoms with van der Waals surface area (Å²) in [5.74, 6) is -0.278. The van der Waals surface area contributed by atoms with Crippen molar-refractivity contribution in [2.75, 3.05) is 25.1 Å². The van der Waals surface area contributed by atoms with Gasteiger partial charge >= 0.3 is 0 Å². The van der Waals surface area contributed by atoms with E-state index in [9.17, 15) is 14.4 Å². The first-order valence-electron chi connectivity index (χ1n) is 13.3. The van der Waals surface area contributed by atoms with Crippen molar-refractivity contribution in [2.24, 2.45) is 0 Å². The molecule has 8 nitrogen and oxygen atoms in total. The zero-order valence-corrected chi connectivity index (χ0v) is 25.0. The van der Waals surface area contributed by atoms with Gasteiger partial charge in [-0.1, -0.05) is 41.4 Å². The third-order valence-corrected chi connectivity index (χ3v) is 8.02. The summed E-state index contributed by atoms with van der Waals surface area (Å²) in [5, 5.41) is 3.05. The first-order chi connectivity index (χ1) is 20.2.